The van der Waals surface area contributed by atoms with Crippen LogP contribution >= 0.6 is 11.6 Å². The van der Waals surface area contributed by atoms with Gasteiger partial charge >= 0.3 is 0 Å². The van der Waals surface area contributed by atoms with E-state index in [1.165, 1.54) is 7.11 Å². The van der Waals surface area contributed by atoms with Crippen LogP contribution in [0.1, 0.15) is 30.1 Å². The molecule has 0 N–H and O–H groups in total. The van der Waals surface area contributed by atoms with Crippen LogP contribution in [-0.2, 0) is 6.54 Å². The first-order chi connectivity index (χ1) is 15.0. The second-order valence-electron chi connectivity index (χ2n) is 7.21. The fraction of sp³-hybridized carbons (Fsp3) is 0.318. The van der Waals surface area contributed by atoms with E-state index in [4.69, 9.17) is 30.2 Å². The molecule has 0 spiro atoms. The van der Waals surface area contributed by atoms with Gasteiger partial charge in [-0.3, -0.25) is 4.79 Å². The van der Waals surface area contributed by atoms with Crippen molar-refractivity contribution >= 4 is 17.5 Å². The van der Waals surface area contributed by atoms with Crippen molar-refractivity contribution in [2.24, 2.45) is 0 Å². The number of aromatic nitrogens is 2. The van der Waals surface area contributed by atoms with Crippen LogP contribution in [0.4, 0.5) is 0 Å². The molecule has 1 aliphatic heterocycles. The molecule has 0 atom stereocenters. The molecule has 0 saturated carbocycles. The lowest BCUT2D eigenvalue weighted by Gasteiger charge is -2.27. The summed E-state index contributed by atoms with van der Waals surface area (Å²) in [5, 5.41) is 8.69. The lowest BCUT2D eigenvalue weighted by atomic mass is 10.1. The molecule has 4 rings (SSSR count). The first kappa shape index (κ1) is 21.0. The molecule has 1 aliphatic rings. The normalized spacial score (nSPS) is 12.7. The van der Waals surface area contributed by atoms with Gasteiger partial charge in [0.05, 0.1) is 24.2 Å². The molecule has 0 fully saturated rings. The maximum absolute atomic E-state index is 13.3. The maximum Gasteiger partial charge on any atom is 0.254 e. The number of hydrogen-bond donors (Lipinski definition) is 0. The minimum absolute atomic E-state index is 0.123. The molecule has 3 aromatic rings. The van der Waals surface area contributed by atoms with Crippen molar-refractivity contribution in [3.05, 3.63) is 52.9 Å². The number of benzene rings is 2. The number of methoxy groups -OCH3 is 1. The third-order valence-corrected chi connectivity index (χ3v) is 5.17. The molecule has 31 heavy (non-hydrogen) atoms. The zero-order chi connectivity index (χ0) is 22.0. The molecule has 9 heteroatoms. The lowest BCUT2D eigenvalue weighted by molar-refractivity contribution is 0.0670. The Hall–Kier alpha value is -3.26. The van der Waals surface area contributed by atoms with Gasteiger partial charge in [0.25, 0.3) is 5.91 Å². The van der Waals surface area contributed by atoms with Crippen LogP contribution in [0.5, 0.6) is 17.2 Å². The van der Waals surface area contributed by atoms with Crippen molar-refractivity contribution in [2.45, 2.75) is 26.4 Å². The van der Waals surface area contributed by atoms with E-state index in [1.807, 2.05) is 26.0 Å². The van der Waals surface area contributed by atoms with Crippen LogP contribution < -0.4 is 14.2 Å². The zero-order valence-corrected chi connectivity index (χ0v) is 18.2. The van der Waals surface area contributed by atoms with Crippen LogP contribution in [-0.4, -0.2) is 47.4 Å². The standard InChI is InChI=1S/C22H22ClN3O5/c1-13(2)26(12-19-24-25-21(31-19)15-6-4-5-7-16(15)23)22(27)14-10-17(28-3)20-18(11-14)29-8-9-30-20/h4-7,10-11,13H,8-9,12H2,1-3H3. The van der Waals surface area contributed by atoms with Gasteiger partial charge in [-0.15, -0.1) is 10.2 Å². The third kappa shape index (κ3) is 4.29. The van der Waals surface area contributed by atoms with E-state index in [2.05, 4.69) is 10.2 Å². The minimum atomic E-state index is -0.220. The summed E-state index contributed by atoms with van der Waals surface area (Å²) in [5.41, 5.74) is 1.06. The van der Waals surface area contributed by atoms with Crippen LogP contribution in [0.2, 0.25) is 5.02 Å². The number of hydrogen-bond acceptors (Lipinski definition) is 7. The number of fused-ring (bicyclic) bond motifs is 1. The smallest absolute Gasteiger partial charge is 0.254 e. The third-order valence-electron chi connectivity index (χ3n) is 4.84. The van der Waals surface area contributed by atoms with Crippen LogP contribution in [0.25, 0.3) is 11.5 Å². The van der Waals surface area contributed by atoms with Crippen molar-refractivity contribution in [3.8, 4) is 28.7 Å². The Kier molecular flexibility index (Phi) is 5.99. The Morgan fingerprint density at radius 3 is 2.71 bits per heavy atom. The highest BCUT2D eigenvalue weighted by atomic mass is 35.5. The van der Waals surface area contributed by atoms with Gasteiger partial charge in [0, 0.05) is 11.6 Å². The Morgan fingerprint density at radius 2 is 1.97 bits per heavy atom. The van der Waals surface area contributed by atoms with Gasteiger partial charge in [-0.1, -0.05) is 23.7 Å². The number of amides is 1. The summed E-state index contributed by atoms with van der Waals surface area (Å²) in [6.07, 6.45) is 0. The van der Waals surface area contributed by atoms with Crippen molar-refractivity contribution in [2.75, 3.05) is 20.3 Å². The minimum Gasteiger partial charge on any atom is -0.493 e. The highest BCUT2D eigenvalue weighted by Gasteiger charge is 2.26. The van der Waals surface area contributed by atoms with Gasteiger partial charge in [0.15, 0.2) is 11.5 Å². The van der Waals surface area contributed by atoms with E-state index in [0.29, 0.717) is 58.4 Å². The van der Waals surface area contributed by atoms with Crippen molar-refractivity contribution in [1.29, 1.82) is 0 Å². The summed E-state index contributed by atoms with van der Waals surface area (Å²) >= 11 is 6.22. The summed E-state index contributed by atoms with van der Waals surface area (Å²) < 4.78 is 22.4. The van der Waals surface area contributed by atoms with E-state index in [-0.39, 0.29) is 18.5 Å². The van der Waals surface area contributed by atoms with Gasteiger partial charge in [0.2, 0.25) is 17.5 Å². The zero-order valence-electron chi connectivity index (χ0n) is 17.4. The van der Waals surface area contributed by atoms with Crippen molar-refractivity contribution in [3.63, 3.8) is 0 Å². The Morgan fingerprint density at radius 1 is 1.19 bits per heavy atom. The van der Waals surface area contributed by atoms with Gasteiger partial charge in [-0.05, 0) is 38.1 Å². The molecule has 0 bridgehead atoms. The van der Waals surface area contributed by atoms with E-state index in [9.17, 15) is 4.79 Å². The van der Waals surface area contributed by atoms with Gasteiger partial charge in [-0.2, -0.15) is 0 Å². The van der Waals surface area contributed by atoms with E-state index in [0.717, 1.165) is 0 Å². The van der Waals surface area contributed by atoms with Crippen LogP contribution in [0.3, 0.4) is 0 Å². The molecule has 1 amide bonds. The number of rotatable bonds is 6. The number of nitrogens with zero attached hydrogens (tertiary/aromatic N) is 3. The van der Waals surface area contributed by atoms with E-state index >= 15 is 0 Å². The molecule has 0 saturated heterocycles. The summed E-state index contributed by atoms with van der Waals surface area (Å²) in [6.45, 7) is 4.82. The van der Waals surface area contributed by atoms with Crippen molar-refractivity contribution in [1.82, 2.24) is 15.1 Å². The lowest BCUT2D eigenvalue weighted by Crippen LogP contribution is -2.36. The molecule has 2 aromatic carbocycles. The Bertz CT molecular complexity index is 1080. The average molecular weight is 444 g/mol. The number of halogens is 1. The largest absolute Gasteiger partial charge is 0.493 e. The highest BCUT2D eigenvalue weighted by molar-refractivity contribution is 6.33. The van der Waals surface area contributed by atoms with Gasteiger partial charge in [0.1, 0.15) is 13.2 Å². The molecule has 8 nitrogen and oxygen atoms in total. The number of ether oxygens (including phenoxy) is 3. The molecule has 2 heterocycles. The summed E-state index contributed by atoms with van der Waals surface area (Å²) in [7, 11) is 1.52. The van der Waals surface area contributed by atoms with Gasteiger partial charge < -0.3 is 23.5 Å². The number of carbonyl (C=O) groups excluding carboxylic acids is 1. The fourth-order valence-electron chi connectivity index (χ4n) is 3.26. The molecule has 1 aromatic heterocycles. The summed E-state index contributed by atoms with van der Waals surface area (Å²) in [6, 6.07) is 10.4. The molecular formula is C22H22ClN3O5. The van der Waals surface area contributed by atoms with Crippen LogP contribution in [0.15, 0.2) is 40.8 Å². The second-order valence-corrected chi connectivity index (χ2v) is 7.62. The predicted octanol–water partition coefficient (Wildman–Crippen LogP) is 4.22. The fourth-order valence-corrected chi connectivity index (χ4v) is 3.47. The van der Waals surface area contributed by atoms with Gasteiger partial charge in [-0.25, -0.2) is 0 Å². The Balaban J connectivity index is 1.60. The quantitative estimate of drug-likeness (QED) is 0.563. The molecule has 0 radical (unpaired) electrons. The first-order valence-electron chi connectivity index (χ1n) is 9.83. The monoisotopic (exact) mass is 443 g/mol. The summed E-state index contributed by atoms with van der Waals surface area (Å²) in [4.78, 5) is 15.0. The van der Waals surface area contributed by atoms with Crippen LogP contribution in [0, 0.1) is 0 Å². The Labute approximate surface area is 184 Å². The molecule has 0 unspecified atom stereocenters. The average Bonchev–Trinajstić information content (AvgIpc) is 3.24. The first-order valence-corrected chi connectivity index (χ1v) is 10.2. The second kappa shape index (κ2) is 8.85. The summed E-state index contributed by atoms with van der Waals surface area (Å²) in [5.74, 6) is 1.82. The van der Waals surface area contributed by atoms with Crippen molar-refractivity contribution < 1.29 is 23.4 Å². The highest BCUT2D eigenvalue weighted by Crippen LogP contribution is 2.40. The molecular weight excluding hydrogens is 422 g/mol. The molecule has 0 aliphatic carbocycles. The molecule has 162 valence electrons. The topological polar surface area (TPSA) is 86.9 Å². The predicted molar refractivity (Wildman–Crippen MR) is 114 cm³/mol. The van der Waals surface area contributed by atoms with E-state index < -0.39 is 0 Å². The van der Waals surface area contributed by atoms with E-state index in [1.54, 1.807) is 29.2 Å². The number of carbonyl (C=O) groups is 1. The maximum atomic E-state index is 13.3. The SMILES string of the molecule is COc1cc(C(=O)N(Cc2nnc(-c3ccccc3Cl)o2)C(C)C)cc2c1OCCO2.